The zero-order valence-electron chi connectivity index (χ0n) is 24.2. The Morgan fingerprint density at radius 2 is 1.57 bits per heavy atom. The number of likely N-dealkylation sites (tertiary alicyclic amines) is 1. The molecule has 4 aromatic carbocycles. The smallest absolute Gasteiger partial charge is 0.269 e. The Morgan fingerprint density at radius 3 is 2.32 bits per heavy atom. The van der Waals surface area contributed by atoms with Gasteiger partial charge in [0, 0.05) is 41.3 Å². The molecule has 2 aliphatic rings. The number of hydrogen-bond acceptors (Lipinski definition) is 6. The third-order valence-electron chi connectivity index (χ3n) is 7.92. The first-order valence-corrected chi connectivity index (χ1v) is 14.8. The maximum atomic E-state index is 13.4. The van der Waals surface area contributed by atoms with E-state index in [2.05, 4.69) is 33.0 Å². The van der Waals surface area contributed by atoms with Crippen molar-refractivity contribution in [2.75, 3.05) is 29.0 Å². The number of non-ortho nitro benzene ring substituents is 1. The van der Waals surface area contributed by atoms with E-state index in [1.807, 2.05) is 42.5 Å². The number of hydrogen-bond donors (Lipinski definition) is 3. The first kappa shape index (κ1) is 28.8. The quantitative estimate of drug-likeness (QED) is 0.114. The monoisotopic (exact) mass is 587 g/mol. The molecule has 2 aliphatic heterocycles. The number of piperidine rings is 1. The van der Waals surface area contributed by atoms with Crippen LogP contribution in [0.5, 0.6) is 0 Å². The minimum atomic E-state index is -0.484. The van der Waals surface area contributed by atoms with Gasteiger partial charge < -0.3 is 16.0 Å². The summed E-state index contributed by atoms with van der Waals surface area (Å²) in [7, 11) is 0. The number of nitrogens with one attached hydrogen (secondary N) is 3. The predicted molar refractivity (Wildman–Crippen MR) is 173 cm³/mol. The van der Waals surface area contributed by atoms with Crippen LogP contribution in [0.3, 0.4) is 0 Å². The first-order chi connectivity index (χ1) is 21.4. The lowest BCUT2D eigenvalue weighted by Gasteiger charge is -2.26. The van der Waals surface area contributed by atoms with Gasteiger partial charge in [0.25, 0.3) is 11.6 Å². The predicted octanol–water partition coefficient (Wildman–Crippen LogP) is 6.69. The highest BCUT2D eigenvalue weighted by Gasteiger charge is 2.29. The Hall–Kier alpha value is -5.28. The molecule has 0 aromatic heterocycles. The number of fused-ring (bicyclic) bond motifs is 1. The molecule has 0 bridgehead atoms. The van der Waals surface area contributed by atoms with Crippen LogP contribution >= 0.6 is 0 Å². The molecule has 0 saturated carbocycles. The number of rotatable bonds is 9. The zero-order chi connectivity index (χ0) is 30.5. The van der Waals surface area contributed by atoms with Gasteiger partial charge in [-0.05, 0) is 73.0 Å². The number of carbonyl (C=O) groups excluding carboxylic acids is 2. The molecule has 9 heteroatoms. The van der Waals surface area contributed by atoms with Crippen molar-refractivity contribution in [1.82, 2.24) is 4.90 Å². The lowest BCUT2D eigenvalue weighted by Crippen LogP contribution is -2.29. The molecule has 2 amide bonds. The van der Waals surface area contributed by atoms with E-state index in [9.17, 15) is 19.7 Å². The Morgan fingerprint density at radius 1 is 0.818 bits per heavy atom. The van der Waals surface area contributed by atoms with Gasteiger partial charge in [0.15, 0.2) is 0 Å². The van der Waals surface area contributed by atoms with E-state index in [0.717, 1.165) is 30.9 Å². The highest BCUT2D eigenvalue weighted by atomic mass is 16.6. The van der Waals surface area contributed by atoms with Gasteiger partial charge in [-0.3, -0.25) is 24.6 Å². The summed E-state index contributed by atoms with van der Waals surface area (Å²) in [5.74, 6) is -0.563. The molecule has 0 radical (unpaired) electrons. The van der Waals surface area contributed by atoms with Crippen LogP contribution in [-0.4, -0.2) is 34.7 Å². The minimum absolute atomic E-state index is 0.0246. The molecule has 3 N–H and O–H groups in total. The van der Waals surface area contributed by atoms with E-state index in [1.54, 1.807) is 30.3 Å². The summed E-state index contributed by atoms with van der Waals surface area (Å²) in [5.41, 5.74) is 6.39. The van der Waals surface area contributed by atoms with Crippen molar-refractivity contribution in [3.63, 3.8) is 0 Å². The summed E-state index contributed by atoms with van der Waals surface area (Å²) in [4.78, 5) is 39.4. The molecule has 1 saturated heterocycles. The maximum absolute atomic E-state index is 13.4. The number of nitrogens with zero attached hydrogens (tertiary/aromatic N) is 2. The average Bonchev–Trinajstić information content (AvgIpc) is 3.36. The topological polar surface area (TPSA) is 117 Å². The first-order valence-electron chi connectivity index (χ1n) is 14.8. The number of nitro groups is 1. The number of carbonyl (C=O) groups is 2. The van der Waals surface area contributed by atoms with Gasteiger partial charge in [0.1, 0.15) is 0 Å². The van der Waals surface area contributed by atoms with E-state index in [1.165, 1.54) is 37.0 Å². The van der Waals surface area contributed by atoms with Crippen LogP contribution in [0, 0.1) is 10.1 Å². The highest BCUT2D eigenvalue weighted by molar-refractivity contribution is 6.37. The molecule has 222 valence electrons. The third kappa shape index (κ3) is 6.68. The summed E-state index contributed by atoms with van der Waals surface area (Å²) >= 11 is 0. The lowest BCUT2D eigenvalue weighted by molar-refractivity contribution is -0.384. The highest BCUT2D eigenvalue weighted by Crippen LogP contribution is 2.39. The number of amides is 2. The minimum Gasteiger partial charge on any atom is -0.354 e. The molecule has 1 fully saturated rings. The standard InChI is InChI=1S/C35H33N5O4/c41-32(21-25-8-7-11-29(20-25)40(43)44)36-28-16-17-31-30(22-28)33(35(42)38-31)34(26-9-3-1-4-10-26)37-27-14-12-24(13-15-27)23-39-18-5-2-6-19-39/h1,3-4,7-17,20,22,37H,2,5-6,18-19,21,23H2,(H,36,41)(H,38,42). The molecule has 0 atom stereocenters. The second-order valence-electron chi connectivity index (χ2n) is 11.1. The molecule has 0 spiro atoms. The van der Waals surface area contributed by atoms with E-state index < -0.39 is 4.92 Å². The summed E-state index contributed by atoms with van der Waals surface area (Å²) in [6.45, 7) is 3.20. The van der Waals surface area contributed by atoms with Crippen molar-refractivity contribution in [2.45, 2.75) is 32.2 Å². The van der Waals surface area contributed by atoms with Crippen molar-refractivity contribution >= 4 is 45.8 Å². The van der Waals surface area contributed by atoms with E-state index in [4.69, 9.17) is 0 Å². The lowest BCUT2D eigenvalue weighted by atomic mass is 9.99. The van der Waals surface area contributed by atoms with Crippen LogP contribution in [0.2, 0.25) is 0 Å². The summed E-state index contributed by atoms with van der Waals surface area (Å²) in [6.07, 6.45) is 3.78. The van der Waals surface area contributed by atoms with Gasteiger partial charge in [0.05, 0.1) is 22.6 Å². The van der Waals surface area contributed by atoms with Crippen LogP contribution in [0.15, 0.2) is 97.1 Å². The van der Waals surface area contributed by atoms with Crippen LogP contribution < -0.4 is 16.0 Å². The summed E-state index contributed by atoms with van der Waals surface area (Å²) in [5, 5.41) is 20.5. The number of benzene rings is 4. The molecular formula is C35H33N5O4. The molecule has 0 aliphatic carbocycles. The fourth-order valence-corrected chi connectivity index (χ4v) is 5.76. The molecule has 2 heterocycles. The molecular weight excluding hydrogens is 554 g/mol. The van der Waals surface area contributed by atoms with Gasteiger partial charge in [-0.15, -0.1) is 0 Å². The summed E-state index contributed by atoms with van der Waals surface area (Å²) < 4.78 is 0. The number of nitro benzene ring substituents is 1. The Kier molecular flexibility index (Phi) is 8.47. The van der Waals surface area contributed by atoms with Gasteiger partial charge in [-0.1, -0.05) is 61.0 Å². The zero-order valence-corrected chi connectivity index (χ0v) is 24.2. The Bertz CT molecular complexity index is 1730. The van der Waals surface area contributed by atoms with Crippen molar-refractivity contribution in [3.05, 3.63) is 129 Å². The second-order valence-corrected chi connectivity index (χ2v) is 11.1. The van der Waals surface area contributed by atoms with Crippen LogP contribution in [0.1, 0.15) is 41.5 Å². The van der Waals surface area contributed by atoms with Crippen molar-refractivity contribution < 1.29 is 14.5 Å². The van der Waals surface area contributed by atoms with Crippen molar-refractivity contribution in [3.8, 4) is 0 Å². The fraction of sp³-hybridized carbons (Fsp3) is 0.200. The van der Waals surface area contributed by atoms with Crippen molar-refractivity contribution in [2.24, 2.45) is 0 Å². The molecule has 0 unspecified atom stereocenters. The van der Waals surface area contributed by atoms with E-state index >= 15 is 0 Å². The van der Waals surface area contributed by atoms with Gasteiger partial charge in [-0.25, -0.2) is 0 Å². The maximum Gasteiger partial charge on any atom is 0.269 e. The average molecular weight is 588 g/mol. The van der Waals surface area contributed by atoms with Gasteiger partial charge in [0.2, 0.25) is 5.91 Å². The van der Waals surface area contributed by atoms with Crippen molar-refractivity contribution in [1.29, 1.82) is 0 Å². The summed E-state index contributed by atoms with van der Waals surface area (Å²) in [6, 6.07) is 29.3. The number of anilines is 3. The van der Waals surface area contributed by atoms with Gasteiger partial charge in [-0.2, -0.15) is 0 Å². The Labute approximate surface area is 255 Å². The van der Waals surface area contributed by atoms with Gasteiger partial charge >= 0.3 is 0 Å². The largest absolute Gasteiger partial charge is 0.354 e. The SMILES string of the molecule is O=C(Cc1cccc([N+](=O)[O-])c1)Nc1ccc2c(c1)C(=C(Nc1ccc(CN3CCCCC3)cc1)c1ccccc1)C(=O)N2. The Balaban J connectivity index is 1.27. The molecule has 9 nitrogen and oxygen atoms in total. The molecule has 6 rings (SSSR count). The molecule has 4 aromatic rings. The normalized spacial score (nSPS) is 15.7. The molecule has 44 heavy (non-hydrogen) atoms. The van der Waals surface area contributed by atoms with E-state index in [-0.39, 0.29) is 23.9 Å². The van der Waals surface area contributed by atoms with Crippen LogP contribution in [0.25, 0.3) is 11.3 Å². The van der Waals surface area contributed by atoms with E-state index in [0.29, 0.717) is 33.8 Å². The second kappa shape index (κ2) is 12.9. The third-order valence-corrected chi connectivity index (χ3v) is 7.92. The van der Waals surface area contributed by atoms with Crippen LogP contribution in [-0.2, 0) is 22.6 Å². The fourth-order valence-electron chi connectivity index (χ4n) is 5.76. The van der Waals surface area contributed by atoms with Crippen LogP contribution in [0.4, 0.5) is 22.7 Å².